The molecule has 9 nitrogen and oxygen atoms in total. The molecule has 1 aliphatic carbocycles. The van der Waals surface area contributed by atoms with E-state index in [-0.39, 0.29) is 22.9 Å². The van der Waals surface area contributed by atoms with Crippen LogP contribution in [0.1, 0.15) is 30.1 Å². The predicted octanol–water partition coefficient (Wildman–Crippen LogP) is 3.30. The normalized spacial score (nSPS) is 14.7. The molecule has 0 aromatic heterocycles. The summed E-state index contributed by atoms with van der Waals surface area (Å²) in [6, 6.07) is 14.8. The lowest BCUT2D eigenvalue weighted by Gasteiger charge is -2.22. The van der Waals surface area contributed by atoms with Crippen LogP contribution in [0.2, 0.25) is 0 Å². The van der Waals surface area contributed by atoms with Gasteiger partial charge < -0.3 is 15.4 Å². The third-order valence-electron chi connectivity index (χ3n) is 4.84. The second-order valence-corrected chi connectivity index (χ2v) is 7.19. The number of anilines is 2. The molecular weight excluding hydrogens is 388 g/mol. The summed E-state index contributed by atoms with van der Waals surface area (Å²) >= 11 is 0. The van der Waals surface area contributed by atoms with Gasteiger partial charge in [0.25, 0.3) is 11.6 Å². The highest BCUT2D eigenvalue weighted by atomic mass is 16.6. The molecule has 0 spiro atoms. The Bertz CT molecular complexity index is 1010. The average molecular weight is 408 g/mol. The Morgan fingerprint density at radius 3 is 2.57 bits per heavy atom. The van der Waals surface area contributed by atoms with E-state index in [1.807, 2.05) is 6.07 Å². The molecule has 2 N–H and O–H groups in total. The number of carbonyl (C=O) groups excluding carboxylic acids is 2. The van der Waals surface area contributed by atoms with E-state index in [4.69, 9.17) is 4.74 Å². The number of hydrogen-bond donors (Lipinski definition) is 2. The Morgan fingerprint density at radius 2 is 1.97 bits per heavy atom. The third-order valence-corrected chi connectivity index (χ3v) is 4.84. The van der Waals surface area contributed by atoms with Crippen LogP contribution >= 0.6 is 0 Å². The lowest BCUT2D eigenvalue weighted by Crippen LogP contribution is -2.48. The lowest BCUT2D eigenvalue weighted by atomic mass is 9.98. The first kappa shape index (κ1) is 20.8. The highest BCUT2D eigenvalue weighted by Gasteiger charge is 2.43. The van der Waals surface area contributed by atoms with E-state index < -0.39 is 28.9 Å². The van der Waals surface area contributed by atoms with E-state index in [9.17, 15) is 25.0 Å². The molecule has 30 heavy (non-hydrogen) atoms. The molecule has 1 fully saturated rings. The summed E-state index contributed by atoms with van der Waals surface area (Å²) < 4.78 is 4.97. The summed E-state index contributed by atoms with van der Waals surface area (Å²) in [4.78, 5) is 35.1. The van der Waals surface area contributed by atoms with E-state index in [2.05, 4.69) is 16.7 Å². The minimum atomic E-state index is -0.993. The van der Waals surface area contributed by atoms with E-state index in [0.29, 0.717) is 5.69 Å². The highest BCUT2D eigenvalue weighted by molar-refractivity contribution is 5.93. The summed E-state index contributed by atoms with van der Waals surface area (Å²) in [5.74, 6) is -1.38. The number of benzene rings is 2. The zero-order valence-corrected chi connectivity index (χ0v) is 16.3. The van der Waals surface area contributed by atoms with Gasteiger partial charge in [0.2, 0.25) is 0 Å². The first-order chi connectivity index (χ1) is 14.3. The Hall–Kier alpha value is -3.93. The molecular formula is C21H20N4O5. The molecule has 9 heteroatoms. The molecule has 1 saturated carbocycles. The number of nitrogens with zero attached hydrogens (tertiary/aromatic N) is 2. The molecule has 1 amide bonds. The summed E-state index contributed by atoms with van der Waals surface area (Å²) in [6.45, 7) is 1.05. The van der Waals surface area contributed by atoms with Crippen molar-refractivity contribution in [2.24, 2.45) is 5.92 Å². The predicted molar refractivity (Wildman–Crippen MR) is 108 cm³/mol. The van der Waals surface area contributed by atoms with Crippen molar-refractivity contribution >= 4 is 28.9 Å². The zero-order valence-electron chi connectivity index (χ0n) is 16.3. The summed E-state index contributed by atoms with van der Waals surface area (Å²) in [6.07, 6.45) is 1.72. The zero-order chi connectivity index (χ0) is 21.7. The number of rotatable bonds is 8. The molecule has 2 aromatic rings. The number of ether oxygens (including phenoxy) is 1. The van der Waals surface area contributed by atoms with Gasteiger partial charge in [0, 0.05) is 11.8 Å². The lowest BCUT2D eigenvalue weighted by molar-refractivity contribution is -0.383. The first-order valence-electron chi connectivity index (χ1n) is 9.32. The van der Waals surface area contributed by atoms with Crippen LogP contribution in [0.5, 0.6) is 0 Å². The number of nitro groups is 1. The highest BCUT2D eigenvalue weighted by Crippen LogP contribution is 2.39. The maximum Gasteiger partial charge on any atom is 0.338 e. The molecule has 0 radical (unpaired) electrons. The van der Waals surface area contributed by atoms with Gasteiger partial charge in [0.05, 0.1) is 16.6 Å². The molecule has 0 aliphatic heterocycles. The first-order valence-corrected chi connectivity index (χ1v) is 9.32. The van der Waals surface area contributed by atoms with Crippen molar-refractivity contribution in [2.75, 3.05) is 11.9 Å². The van der Waals surface area contributed by atoms with Crippen molar-refractivity contribution in [3.05, 3.63) is 64.2 Å². The third kappa shape index (κ3) is 4.91. The van der Waals surface area contributed by atoms with Crippen LogP contribution in [0.4, 0.5) is 17.1 Å². The van der Waals surface area contributed by atoms with Crippen LogP contribution in [0, 0.1) is 27.4 Å². The summed E-state index contributed by atoms with van der Waals surface area (Å²) in [7, 11) is 0. The minimum absolute atomic E-state index is 0.0571. The number of carbonyl (C=O) groups is 2. The van der Waals surface area contributed by atoms with Gasteiger partial charge in [-0.3, -0.25) is 14.9 Å². The van der Waals surface area contributed by atoms with Crippen LogP contribution in [-0.2, 0) is 9.53 Å². The number of nitro benzene ring substituents is 1. The molecule has 0 bridgehead atoms. The van der Waals surface area contributed by atoms with Crippen LogP contribution < -0.4 is 10.6 Å². The van der Waals surface area contributed by atoms with Crippen LogP contribution in [0.25, 0.3) is 0 Å². The van der Waals surface area contributed by atoms with Gasteiger partial charge in [-0.1, -0.05) is 18.2 Å². The average Bonchev–Trinajstić information content (AvgIpc) is 3.59. The number of esters is 1. The molecule has 2 aromatic carbocycles. The van der Waals surface area contributed by atoms with Gasteiger partial charge in [0.1, 0.15) is 11.2 Å². The Labute approximate surface area is 172 Å². The largest absolute Gasteiger partial charge is 0.452 e. The van der Waals surface area contributed by atoms with Gasteiger partial charge in [0.15, 0.2) is 6.61 Å². The van der Waals surface area contributed by atoms with Crippen molar-refractivity contribution in [1.29, 1.82) is 5.26 Å². The second-order valence-electron chi connectivity index (χ2n) is 7.19. The molecule has 0 unspecified atom stereocenters. The fourth-order valence-electron chi connectivity index (χ4n) is 3.01. The number of amides is 1. The number of nitrogens with one attached hydrogen (secondary N) is 2. The maximum absolute atomic E-state index is 12.3. The molecule has 0 saturated heterocycles. The molecule has 0 heterocycles. The van der Waals surface area contributed by atoms with E-state index in [1.165, 1.54) is 12.1 Å². The topological polar surface area (TPSA) is 134 Å². The van der Waals surface area contributed by atoms with Gasteiger partial charge in [-0.15, -0.1) is 0 Å². The number of nitriles is 1. The van der Waals surface area contributed by atoms with E-state index in [1.54, 1.807) is 31.2 Å². The van der Waals surface area contributed by atoms with Gasteiger partial charge in [-0.2, -0.15) is 5.26 Å². The Balaban J connectivity index is 1.65. The van der Waals surface area contributed by atoms with Crippen molar-refractivity contribution in [3.63, 3.8) is 0 Å². The quantitative estimate of drug-likeness (QED) is 0.389. The fourth-order valence-corrected chi connectivity index (χ4v) is 3.01. The van der Waals surface area contributed by atoms with Crippen molar-refractivity contribution < 1.29 is 19.2 Å². The van der Waals surface area contributed by atoms with Crippen LogP contribution in [0.15, 0.2) is 48.5 Å². The van der Waals surface area contributed by atoms with Gasteiger partial charge in [-0.05, 0) is 49.9 Å². The maximum atomic E-state index is 12.3. The van der Waals surface area contributed by atoms with E-state index >= 15 is 0 Å². The summed E-state index contributed by atoms with van der Waals surface area (Å²) in [5, 5.41) is 26.2. The van der Waals surface area contributed by atoms with Gasteiger partial charge >= 0.3 is 5.97 Å². The molecule has 154 valence electrons. The molecule has 1 aliphatic rings. The minimum Gasteiger partial charge on any atom is -0.452 e. The summed E-state index contributed by atoms with van der Waals surface area (Å²) in [5.41, 5.74) is -0.479. The van der Waals surface area contributed by atoms with Crippen LogP contribution in [-0.4, -0.2) is 28.9 Å². The van der Waals surface area contributed by atoms with Crippen molar-refractivity contribution in [1.82, 2.24) is 5.32 Å². The number of para-hydroxylation sites is 1. The molecule has 3 rings (SSSR count). The second kappa shape index (κ2) is 8.61. The monoisotopic (exact) mass is 408 g/mol. The van der Waals surface area contributed by atoms with Crippen molar-refractivity contribution in [3.8, 4) is 6.07 Å². The number of hydrogen-bond acceptors (Lipinski definition) is 7. The smallest absolute Gasteiger partial charge is 0.338 e. The Kier molecular flexibility index (Phi) is 5.97. The molecule has 1 atom stereocenters. The van der Waals surface area contributed by atoms with E-state index in [0.717, 1.165) is 18.9 Å². The van der Waals surface area contributed by atoms with Crippen molar-refractivity contribution in [2.45, 2.75) is 25.3 Å². The SMILES string of the molecule is C[C@@](C#N)(NC(=O)COC(=O)c1ccc(Nc2ccccc2)c([N+](=O)[O-])c1)C1CC1. The van der Waals surface area contributed by atoms with Crippen LogP contribution in [0.3, 0.4) is 0 Å². The Morgan fingerprint density at radius 1 is 1.27 bits per heavy atom. The fraction of sp³-hybridized carbons (Fsp3) is 0.286. The van der Waals surface area contributed by atoms with Gasteiger partial charge in [-0.25, -0.2) is 4.79 Å². The standard InChI is InChI=1S/C21H20N4O5/c1-21(13-22,15-8-9-15)24-19(26)12-30-20(27)14-7-10-17(18(11-14)25(28)29)23-16-5-3-2-4-6-16/h2-7,10-11,15,23H,8-9,12H2,1H3,(H,24,26)/t21-/m0/s1.